The van der Waals surface area contributed by atoms with E-state index in [0.29, 0.717) is 5.56 Å². The summed E-state index contributed by atoms with van der Waals surface area (Å²) in [6.07, 6.45) is 1.71. The van der Waals surface area contributed by atoms with Crippen molar-refractivity contribution in [3.8, 4) is 0 Å². The first-order chi connectivity index (χ1) is 8.35. The fourth-order valence-corrected chi connectivity index (χ4v) is 2.28. The van der Waals surface area contributed by atoms with Crippen molar-refractivity contribution < 1.29 is 9.31 Å². The molecule has 3 nitrogen and oxygen atoms in total. The zero-order chi connectivity index (χ0) is 13.9. The van der Waals surface area contributed by atoms with Gasteiger partial charge in [0.25, 0.3) is 0 Å². The Morgan fingerprint density at radius 2 is 2.00 bits per heavy atom. The highest BCUT2D eigenvalue weighted by atomic mass is 35.5. The smallest absolute Gasteiger partial charge is 0.258 e. The predicted molar refractivity (Wildman–Crippen MR) is 70.3 cm³/mol. The fourth-order valence-electron chi connectivity index (χ4n) is 1.84. The second-order valence-corrected chi connectivity index (χ2v) is 5.13. The Hall–Kier alpha value is -1.16. The van der Waals surface area contributed by atoms with Crippen LogP contribution in [0.2, 0.25) is 0 Å². The van der Waals surface area contributed by atoms with Crippen molar-refractivity contribution in [3.63, 3.8) is 0 Å². The predicted octanol–water partition coefficient (Wildman–Crippen LogP) is 4.84. The van der Waals surface area contributed by atoms with E-state index in [1.165, 1.54) is 18.2 Å². The van der Waals surface area contributed by atoms with Crippen molar-refractivity contribution >= 4 is 17.3 Å². The lowest BCUT2D eigenvalue weighted by molar-refractivity contribution is -0.387. The molecule has 0 amide bonds. The summed E-state index contributed by atoms with van der Waals surface area (Å²) < 4.78 is 13.6. The Balaban J connectivity index is 3.12. The van der Waals surface area contributed by atoms with Gasteiger partial charge < -0.3 is 0 Å². The topological polar surface area (TPSA) is 43.1 Å². The molecule has 0 bridgehead atoms. The van der Waals surface area contributed by atoms with Crippen LogP contribution < -0.4 is 0 Å². The van der Waals surface area contributed by atoms with Crippen LogP contribution in [0.1, 0.15) is 44.6 Å². The molecule has 0 N–H and O–H groups in total. The maximum atomic E-state index is 13.6. The van der Waals surface area contributed by atoms with Gasteiger partial charge in [0, 0.05) is 6.07 Å². The third-order valence-corrected chi connectivity index (χ3v) is 4.47. The molecule has 0 heterocycles. The zero-order valence-electron chi connectivity index (χ0n) is 10.7. The Labute approximate surface area is 111 Å². The van der Waals surface area contributed by atoms with Crippen LogP contribution in [-0.4, -0.2) is 4.92 Å². The monoisotopic (exact) mass is 273 g/mol. The zero-order valence-corrected chi connectivity index (χ0v) is 11.5. The van der Waals surface area contributed by atoms with Crippen LogP contribution in [-0.2, 0) is 0 Å². The van der Waals surface area contributed by atoms with Crippen molar-refractivity contribution in [2.75, 3.05) is 0 Å². The average Bonchev–Trinajstić information content (AvgIpc) is 2.36. The highest BCUT2D eigenvalue weighted by Crippen LogP contribution is 2.44. The summed E-state index contributed by atoms with van der Waals surface area (Å²) in [5, 5.41) is 10.2. The van der Waals surface area contributed by atoms with E-state index in [-0.39, 0.29) is 10.8 Å². The van der Waals surface area contributed by atoms with Crippen molar-refractivity contribution in [3.05, 3.63) is 39.7 Å². The maximum Gasteiger partial charge on any atom is 0.304 e. The Morgan fingerprint density at radius 1 is 1.44 bits per heavy atom. The van der Waals surface area contributed by atoms with Crippen LogP contribution in [0, 0.1) is 21.3 Å². The molecule has 0 aromatic heterocycles. The molecule has 1 atom stereocenters. The lowest BCUT2D eigenvalue weighted by Gasteiger charge is -2.32. The first-order valence-electron chi connectivity index (χ1n) is 5.93. The molecule has 0 spiro atoms. The van der Waals surface area contributed by atoms with E-state index in [0.717, 1.165) is 12.8 Å². The third-order valence-electron chi connectivity index (χ3n) is 3.69. The van der Waals surface area contributed by atoms with Crippen LogP contribution in [0.25, 0.3) is 0 Å². The van der Waals surface area contributed by atoms with Gasteiger partial charge in [0.1, 0.15) is 0 Å². The maximum absolute atomic E-state index is 13.6. The number of alkyl halides is 1. The number of halogens is 2. The van der Waals surface area contributed by atoms with Gasteiger partial charge in [-0.1, -0.05) is 26.8 Å². The molecule has 18 heavy (non-hydrogen) atoms. The molecular weight excluding hydrogens is 257 g/mol. The van der Waals surface area contributed by atoms with Crippen molar-refractivity contribution in [2.45, 2.75) is 39.0 Å². The molecular formula is C13H17ClFNO2. The lowest BCUT2D eigenvalue weighted by atomic mass is 9.78. The Kier molecular flexibility index (Phi) is 4.68. The van der Waals surface area contributed by atoms with Gasteiger partial charge in [0.05, 0.1) is 10.3 Å². The second kappa shape index (κ2) is 5.65. The Morgan fingerprint density at radius 3 is 2.39 bits per heavy atom. The highest BCUT2D eigenvalue weighted by molar-refractivity contribution is 6.21. The first kappa shape index (κ1) is 14.9. The number of nitro benzene ring substituents is 1. The molecule has 0 radical (unpaired) electrons. The van der Waals surface area contributed by atoms with Gasteiger partial charge in [-0.15, -0.1) is 11.6 Å². The second-order valence-electron chi connectivity index (χ2n) is 4.69. The van der Waals surface area contributed by atoms with Crippen LogP contribution in [0.3, 0.4) is 0 Å². The molecule has 0 aliphatic rings. The van der Waals surface area contributed by atoms with Gasteiger partial charge in [0.2, 0.25) is 5.82 Å². The van der Waals surface area contributed by atoms with Crippen LogP contribution in [0.4, 0.5) is 10.1 Å². The van der Waals surface area contributed by atoms with Crippen molar-refractivity contribution in [2.24, 2.45) is 5.41 Å². The first-order valence-corrected chi connectivity index (χ1v) is 6.37. The summed E-state index contributed by atoms with van der Waals surface area (Å²) in [5.41, 5.74) is -0.0762. The lowest BCUT2D eigenvalue weighted by Crippen LogP contribution is -2.20. The molecule has 100 valence electrons. The molecule has 1 aromatic rings. The molecule has 1 aromatic carbocycles. The molecule has 0 saturated heterocycles. The summed E-state index contributed by atoms with van der Waals surface area (Å²) >= 11 is 6.38. The van der Waals surface area contributed by atoms with E-state index in [4.69, 9.17) is 11.6 Å². The molecule has 5 heteroatoms. The van der Waals surface area contributed by atoms with E-state index in [1.807, 2.05) is 20.8 Å². The number of rotatable bonds is 5. The van der Waals surface area contributed by atoms with Gasteiger partial charge in [-0.2, -0.15) is 4.39 Å². The fraction of sp³-hybridized carbons (Fsp3) is 0.538. The van der Waals surface area contributed by atoms with Crippen molar-refractivity contribution in [1.29, 1.82) is 0 Å². The quantitative estimate of drug-likeness (QED) is 0.438. The van der Waals surface area contributed by atoms with E-state index in [2.05, 4.69) is 0 Å². The largest absolute Gasteiger partial charge is 0.304 e. The van der Waals surface area contributed by atoms with Crippen LogP contribution >= 0.6 is 11.6 Å². The van der Waals surface area contributed by atoms with E-state index in [1.54, 1.807) is 0 Å². The minimum Gasteiger partial charge on any atom is -0.258 e. The van der Waals surface area contributed by atoms with E-state index < -0.39 is 16.4 Å². The number of hydrogen-bond acceptors (Lipinski definition) is 2. The minimum absolute atomic E-state index is 0.149. The highest BCUT2D eigenvalue weighted by Gasteiger charge is 2.31. The number of nitro groups is 1. The summed E-state index contributed by atoms with van der Waals surface area (Å²) in [6.45, 7) is 6.09. The molecule has 0 aliphatic heterocycles. The average molecular weight is 274 g/mol. The third kappa shape index (κ3) is 2.80. The molecule has 1 unspecified atom stereocenters. The molecule has 0 saturated carbocycles. The van der Waals surface area contributed by atoms with Gasteiger partial charge in [-0.25, -0.2) is 0 Å². The van der Waals surface area contributed by atoms with Crippen molar-refractivity contribution in [1.82, 2.24) is 0 Å². The van der Waals surface area contributed by atoms with E-state index >= 15 is 0 Å². The standard InChI is InChI=1S/C13H17ClFNO2/c1-4-13(3,5-2)12(14)9-6-7-11(16(17)18)10(15)8-9/h6-8,12H,4-5H2,1-3H3. The summed E-state index contributed by atoms with van der Waals surface area (Å²) in [7, 11) is 0. The Bertz CT molecular complexity index is 447. The minimum atomic E-state index is -0.835. The summed E-state index contributed by atoms with van der Waals surface area (Å²) in [6, 6.07) is 3.87. The van der Waals surface area contributed by atoms with Gasteiger partial charge >= 0.3 is 5.69 Å². The number of nitrogens with zero attached hydrogens (tertiary/aromatic N) is 1. The SMILES string of the molecule is CCC(C)(CC)C(Cl)c1ccc([N+](=O)[O-])c(F)c1. The molecule has 0 aliphatic carbocycles. The molecule has 0 fully saturated rings. The van der Waals surface area contributed by atoms with Gasteiger partial charge in [-0.05, 0) is 29.9 Å². The van der Waals surface area contributed by atoms with Gasteiger partial charge in [-0.3, -0.25) is 10.1 Å². The van der Waals surface area contributed by atoms with Gasteiger partial charge in [0.15, 0.2) is 0 Å². The van der Waals surface area contributed by atoms with Crippen LogP contribution in [0.15, 0.2) is 18.2 Å². The number of benzene rings is 1. The summed E-state index contributed by atoms with van der Waals surface area (Å²) in [4.78, 5) is 9.81. The normalized spacial score (nSPS) is 13.4. The van der Waals surface area contributed by atoms with Crippen LogP contribution in [0.5, 0.6) is 0 Å². The van der Waals surface area contributed by atoms with E-state index in [9.17, 15) is 14.5 Å². The number of hydrogen-bond donors (Lipinski definition) is 0. The summed E-state index contributed by atoms with van der Waals surface area (Å²) in [5.74, 6) is -0.835. The molecule has 1 rings (SSSR count).